The molecular weight excluding hydrogens is 174 g/mol. The molecule has 0 aliphatic carbocycles. The van der Waals surface area contributed by atoms with E-state index in [2.05, 4.69) is 19.1 Å². The molecule has 2 atom stereocenters. The van der Waals surface area contributed by atoms with Crippen molar-refractivity contribution in [2.75, 3.05) is 7.11 Å². The van der Waals surface area contributed by atoms with Crippen molar-refractivity contribution in [1.82, 2.24) is 0 Å². The van der Waals surface area contributed by atoms with Crippen molar-refractivity contribution in [2.24, 2.45) is 11.7 Å². The van der Waals surface area contributed by atoms with Crippen molar-refractivity contribution in [3.63, 3.8) is 0 Å². The molecule has 78 valence electrons. The number of ether oxygens (including phenoxy) is 1. The second-order valence-electron chi connectivity index (χ2n) is 3.89. The fourth-order valence-corrected chi connectivity index (χ4v) is 1.32. The SMILES string of the molecule is COc1ccc(CC(C)C(C)N)cc1. The van der Waals surface area contributed by atoms with E-state index < -0.39 is 0 Å². The Morgan fingerprint density at radius 3 is 2.21 bits per heavy atom. The van der Waals surface area contributed by atoms with Crippen LogP contribution in [0.4, 0.5) is 0 Å². The van der Waals surface area contributed by atoms with E-state index in [1.807, 2.05) is 19.1 Å². The first-order chi connectivity index (χ1) is 6.63. The van der Waals surface area contributed by atoms with E-state index in [0.717, 1.165) is 12.2 Å². The summed E-state index contributed by atoms with van der Waals surface area (Å²) in [5.41, 5.74) is 7.13. The Morgan fingerprint density at radius 2 is 1.79 bits per heavy atom. The first kappa shape index (κ1) is 11.1. The van der Waals surface area contributed by atoms with Gasteiger partial charge in [0, 0.05) is 6.04 Å². The second-order valence-corrected chi connectivity index (χ2v) is 3.89. The largest absolute Gasteiger partial charge is 0.497 e. The molecule has 1 aromatic rings. The zero-order valence-electron chi connectivity index (χ0n) is 9.16. The Hall–Kier alpha value is -1.02. The molecular formula is C12H19NO. The number of methoxy groups -OCH3 is 1. The summed E-state index contributed by atoms with van der Waals surface area (Å²) >= 11 is 0. The van der Waals surface area contributed by atoms with Crippen molar-refractivity contribution in [3.05, 3.63) is 29.8 Å². The Morgan fingerprint density at radius 1 is 1.21 bits per heavy atom. The maximum atomic E-state index is 5.82. The molecule has 0 amide bonds. The van der Waals surface area contributed by atoms with Crippen LogP contribution < -0.4 is 10.5 Å². The molecule has 0 radical (unpaired) electrons. The zero-order chi connectivity index (χ0) is 10.6. The smallest absolute Gasteiger partial charge is 0.118 e. The Bertz CT molecular complexity index is 266. The topological polar surface area (TPSA) is 35.2 Å². The zero-order valence-corrected chi connectivity index (χ0v) is 9.16. The normalized spacial score (nSPS) is 14.9. The van der Waals surface area contributed by atoms with E-state index >= 15 is 0 Å². The van der Waals surface area contributed by atoms with Gasteiger partial charge in [0.1, 0.15) is 5.75 Å². The van der Waals surface area contributed by atoms with Crippen LogP contribution in [-0.4, -0.2) is 13.2 Å². The lowest BCUT2D eigenvalue weighted by molar-refractivity contribution is 0.414. The monoisotopic (exact) mass is 193 g/mol. The summed E-state index contributed by atoms with van der Waals surface area (Å²) in [5.74, 6) is 1.42. The number of hydrogen-bond donors (Lipinski definition) is 1. The molecule has 0 aliphatic heterocycles. The van der Waals surface area contributed by atoms with Crippen molar-refractivity contribution in [2.45, 2.75) is 26.3 Å². The van der Waals surface area contributed by atoms with Crippen LogP contribution in [0.5, 0.6) is 5.75 Å². The summed E-state index contributed by atoms with van der Waals surface area (Å²) in [5, 5.41) is 0. The van der Waals surface area contributed by atoms with Gasteiger partial charge in [-0.05, 0) is 37.0 Å². The van der Waals surface area contributed by atoms with Gasteiger partial charge in [0.15, 0.2) is 0 Å². The van der Waals surface area contributed by atoms with E-state index in [9.17, 15) is 0 Å². The number of benzene rings is 1. The molecule has 1 rings (SSSR count). The van der Waals surface area contributed by atoms with Crippen LogP contribution in [0.1, 0.15) is 19.4 Å². The summed E-state index contributed by atoms with van der Waals surface area (Å²) < 4.78 is 5.10. The summed E-state index contributed by atoms with van der Waals surface area (Å²) in [6.45, 7) is 4.23. The molecule has 2 unspecified atom stereocenters. The molecule has 0 aliphatic rings. The minimum absolute atomic E-state index is 0.247. The average Bonchev–Trinajstić information content (AvgIpc) is 2.19. The van der Waals surface area contributed by atoms with Crippen molar-refractivity contribution >= 4 is 0 Å². The molecule has 0 saturated carbocycles. The number of nitrogens with two attached hydrogens (primary N) is 1. The first-order valence-corrected chi connectivity index (χ1v) is 5.02. The van der Waals surface area contributed by atoms with Gasteiger partial charge in [-0.25, -0.2) is 0 Å². The van der Waals surface area contributed by atoms with Crippen LogP contribution in [0, 0.1) is 5.92 Å². The third-order valence-electron chi connectivity index (χ3n) is 2.61. The predicted molar refractivity (Wildman–Crippen MR) is 59.5 cm³/mol. The quantitative estimate of drug-likeness (QED) is 0.795. The van der Waals surface area contributed by atoms with Crippen LogP contribution >= 0.6 is 0 Å². The third-order valence-corrected chi connectivity index (χ3v) is 2.61. The maximum Gasteiger partial charge on any atom is 0.118 e. The molecule has 0 spiro atoms. The number of hydrogen-bond acceptors (Lipinski definition) is 2. The molecule has 0 fully saturated rings. The fraction of sp³-hybridized carbons (Fsp3) is 0.500. The molecule has 2 nitrogen and oxygen atoms in total. The molecule has 0 heterocycles. The summed E-state index contributed by atoms with van der Waals surface area (Å²) in [6.07, 6.45) is 1.03. The molecule has 14 heavy (non-hydrogen) atoms. The van der Waals surface area contributed by atoms with E-state index in [4.69, 9.17) is 10.5 Å². The highest BCUT2D eigenvalue weighted by Gasteiger charge is 2.07. The summed E-state index contributed by atoms with van der Waals surface area (Å²) in [4.78, 5) is 0. The van der Waals surface area contributed by atoms with E-state index in [1.165, 1.54) is 5.56 Å². The molecule has 1 aromatic carbocycles. The van der Waals surface area contributed by atoms with Crippen LogP contribution in [-0.2, 0) is 6.42 Å². The third kappa shape index (κ3) is 3.04. The van der Waals surface area contributed by atoms with Gasteiger partial charge in [-0.15, -0.1) is 0 Å². The minimum atomic E-state index is 0.247. The van der Waals surface area contributed by atoms with E-state index in [0.29, 0.717) is 5.92 Å². The van der Waals surface area contributed by atoms with Gasteiger partial charge in [-0.2, -0.15) is 0 Å². The maximum absolute atomic E-state index is 5.82. The Labute approximate surface area is 86.1 Å². The van der Waals surface area contributed by atoms with E-state index in [1.54, 1.807) is 7.11 Å². The minimum Gasteiger partial charge on any atom is -0.497 e. The van der Waals surface area contributed by atoms with Crippen LogP contribution in [0.3, 0.4) is 0 Å². The molecule has 0 bridgehead atoms. The Balaban J connectivity index is 2.59. The highest BCUT2D eigenvalue weighted by molar-refractivity contribution is 5.27. The second kappa shape index (κ2) is 5.01. The number of rotatable bonds is 4. The van der Waals surface area contributed by atoms with Gasteiger partial charge >= 0.3 is 0 Å². The van der Waals surface area contributed by atoms with Crippen LogP contribution in [0.15, 0.2) is 24.3 Å². The average molecular weight is 193 g/mol. The lowest BCUT2D eigenvalue weighted by Gasteiger charge is -2.15. The van der Waals surface area contributed by atoms with Gasteiger partial charge in [-0.1, -0.05) is 19.1 Å². The fourth-order valence-electron chi connectivity index (χ4n) is 1.32. The van der Waals surface area contributed by atoms with Crippen molar-refractivity contribution in [1.29, 1.82) is 0 Å². The highest BCUT2D eigenvalue weighted by atomic mass is 16.5. The summed E-state index contributed by atoms with van der Waals surface area (Å²) in [7, 11) is 1.68. The predicted octanol–water partition coefficient (Wildman–Crippen LogP) is 2.22. The standard InChI is InChI=1S/C12H19NO/c1-9(10(2)13)8-11-4-6-12(14-3)7-5-11/h4-7,9-10H,8,13H2,1-3H3. The lowest BCUT2D eigenvalue weighted by Crippen LogP contribution is -2.25. The first-order valence-electron chi connectivity index (χ1n) is 5.02. The molecule has 0 saturated heterocycles. The molecule has 0 aromatic heterocycles. The van der Waals surface area contributed by atoms with Gasteiger partial charge in [0.05, 0.1) is 7.11 Å². The van der Waals surface area contributed by atoms with Gasteiger partial charge in [-0.3, -0.25) is 0 Å². The lowest BCUT2D eigenvalue weighted by atomic mass is 9.96. The van der Waals surface area contributed by atoms with Gasteiger partial charge in [0.25, 0.3) is 0 Å². The molecule has 2 heteroatoms. The van der Waals surface area contributed by atoms with Crippen LogP contribution in [0.25, 0.3) is 0 Å². The van der Waals surface area contributed by atoms with Crippen LogP contribution in [0.2, 0.25) is 0 Å². The summed E-state index contributed by atoms with van der Waals surface area (Å²) in [6, 6.07) is 8.42. The van der Waals surface area contributed by atoms with Crippen molar-refractivity contribution in [3.8, 4) is 5.75 Å². The van der Waals surface area contributed by atoms with Gasteiger partial charge in [0.2, 0.25) is 0 Å². The van der Waals surface area contributed by atoms with Gasteiger partial charge < -0.3 is 10.5 Å². The molecule has 2 N–H and O–H groups in total. The highest BCUT2D eigenvalue weighted by Crippen LogP contribution is 2.15. The van der Waals surface area contributed by atoms with Crippen molar-refractivity contribution < 1.29 is 4.74 Å². The van der Waals surface area contributed by atoms with E-state index in [-0.39, 0.29) is 6.04 Å². The Kier molecular flexibility index (Phi) is 3.96.